The highest BCUT2D eigenvalue weighted by Gasteiger charge is 2.29. The molecule has 0 radical (unpaired) electrons. The number of rotatable bonds is 7. The lowest BCUT2D eigenvalue weighted by Crippen LogP contribution is -2.35. The van der Waals surface area contributed by atoms with Crippen LogP contribution in [0.3, 0.4) is 0 Å². The number of ether oxygens (including phenoxy) is 1. The molecule has 0 saturated carbocycles. The number of sulfonamides is 1. The Morgan fingerprint density at radius 1 is 1.11 bits per heavy atom. The summed E-state index contributed by atoms with van der Waals surface area (Å²) in [7, 11) is -2.82. The van der Waals surface area contributed by atoms with Gasteiger partial charge in [0, 0.05) is 4.70 Å². The van der Waals surface area contributed by atoms with E-state index >= 15 is 0 Å². The zero-order chi connectivity index (χ0) is 20.3. The van der Waals surface area contributed by atoms with Crippen molar-refractivity contribution in [2.45, 2.75) is 20.1 Å². The van der Waals surface area contributed by atoms with Crippen molar-refractivity contribution < 1.29 is 22.3 Å². The van der Waals surface area contributed by atoms with E-state index in [4.69, 9.17) is 0 Å². The molecule has 0 fully saturated rings. The van der Waals surface area contributed by atoms with E-state index < -0.39 is 28.4 Å². The maximum Gasteiger partial charge on any atom is 0.322 e. The third-order valence-corrected chi connectivity index (χ3v) is 7.41. The van der Waals surface area contributed by atoms with Gasteiger partial charge in [0.2, 0.25) is 10.0 Å². The SMILES string of the molecule is COC(=O)CS(=O)(=O)N(Cc1ccc(CF)cc1)c1sc2ccccc2c1C. The van der Waals surface area contributed by atoms with Crippen LogP contribution in [0.5, 0.6) is 0 Å². The highest BCUT2D eigenvalue weighted by molar-refractivity contribution is 7.93. The van der Waals surface area contributed by atoms with Gasteiger partial charge in [0.05, 0.1) is 13.7 Å². The summed E-state index contributed by atoms with van der Waals surface area (Å²) in [6.07, 6.45) is 0. The minimum Gasteiger partial charge on any atom is -0.468 e. The van der Waals surface area contributed by atoms with Crippen LogP contribution in [0, 0.1) is 6.92 Å². The molecule has 8 heteroatoms. The van der Waals surface area contributed by atoms with Crippen LogP contribution in [-0.4, -0.2) is 27.2 Å². The molecule has 3 aromatic rings. The molecule has 1 aromatic heterocycles. The monoisotopic (exact) mass is 421 g/mol. The van der Waals surface area contributed by atoms with Crippen molar-refractivity contribution in [2.24, 2.45) is 0 Å². The van der Waals surface area contributed by atoms with Crippen LogP contribution < -0.4 is 4.31 Å². The second kappa shape index (κ2) is 8.28. The van der Waals surface area contributed by atoms with Gasteiger partial charge in [-0.3, -0.25) is 9.10 Å². The number of hydrogen-bond acceptors (Lipinski definition) is 5. The van der Waals surface area contributed by atoms with E-state index in [0.29, 0.717) is 16.1 Å². The summed E-state index contributed by atoms with van der Waals surface area (Å²) in [6, 6.07) is 14.3. The summed E-state index contributed by atoms with van der Waals surface area (Å²) < 4.78 is 45.6. The predicted octanol–water partition coefficient (Wildman–Crippen LogP) is 4.19. The Labute approximate surface area is 167 Å². The van der Waals surface area contributed by atoms with E-state index in [-0.39, 0.29) is 6.54 Å². The van der Waals surface area contributed by atoms with Crippen LogP contribution in [-0.2, 0) is 32.8 Å². The number of esters is 1. The molecule has 0 aliphatic rings. The first-order valence-corrected chi connectivity index (χ1v) is 11.0. The van der Waals surface area contributed by atoms with E-state index in [9.17, 15) is 17.6 Å². The van der Waals surface area contributed by atoms with Gasteiger partial charge in [-0.05, 0) is 35.1 Å². The molecule has 148 valence electrons. The first-order chi connectivity index (χ1) is 13.4. The van der Waals surface area contributed by atoms with Crippen molar-refractivity contribution in [3.8, 4) is 0 Å². The number of thiophene rings is 1. The van der Waals surface area contributed by atoms with Crippen molar-refractivity contribution in [1.29, 1.82) is 0 Å². The zero-order valence-electron chi connectivity index (χ0n) is 15.5. The van der Waals surface area contributed by atoms with Crippen LogP contribution >= 0.6 is 11.3 Å². The number of aryl methyl sites for hydroxylation is 1. The molecule has 0 unspecified atom stereocenters. The standard InChI is InChI=1S/C20H20FNO4S2/c1-14-17-5-3-4-6-18(17)27-20(14)22(28(24,25)13-19(23)26-2)12-16-9-7-15(11-21)8-10-16/h3-10H,11-13H2,1-2H3. The fourth-order valence-electron chi connectivity index (χ4n) is 2.88. The van der Waals surface area contributed by atoms with Crippen molar-refractivity contribution in [2.75, 3.05) is 17.2 Å². The third kappa shape index (κ3) is 4.18. The molecule has 0 atom stereocenters. The van der Waals surface area contributed by atoms with Crippen LogP contribution in [0.4, 0.5) is 9.39 Å². The minimum absolute atomic E-state index is 0.0412. The van der Waals surface area contributed by atoms with E-state index in [1.807, 2.05) is 31.2 Å². The lowest BCUT2D eigenvalue weighted by molar-refractivity contribution is -0.137. The van der Waals surface area contributed by atoms with E-state index in [2.05, 4.69) is 4.74 Å². The number of alkyl halides is 1. The Bertz CT molecular complexity index is 1090. The van der Waals surface area contributed by atoms with Crippen molar-refractivity contribution >= 4 is 42.4 Å². The van der Waals surface area contributed by atoms with Gasteiger partial charge in [0.15, 0.2) is 5.75 Å². The summed E-state index contributed by atoms with van der Waals surface area (Å²) >= 11 is 1.36. The van der Waals surface area contributed by atoms with Gasteiger partial charge in [-0.15, -0.1) is 11.3 Å². The van der Waals surface area contributed by atoms with Crippen molar-refractivity contribution in [3.05, 3.63) is 65.2 Å². The lowest BCUT2D eigenvalue weighted by Gasteiger charge is -2.23. The molecule has 0 amide bonds. The molecule has 5 nitrogen and oxygen atoms in total. The molecule has 0 spiro atoms. The molecule has 3 rings (SSSR count). The average molecular weight is 422 g/mol. The highest BCUT2D eigenvalue weighted by Crippen LogP contribution is 2.39. The number of benzene rings is 2. The van der Waals surface area contributed by atoms with Gasteiger partial charge in [-0.1, -0.05) is 42.5 Å². The molecular weight excluding hydrogens is 401 g/mol. The number of hydrogen-bond donors (Lipinski definition) is 0. The molecule has 2 aromatic carbocycles. The van der Waals surface area contributed by atoms with Crippen molar-refractivity contribution in [1.82, 2.24) is 0 Å². The van der Waals surface area contributed by atoms with Crippen LogP contribution in [0.15, 0.2) is 48.5 Å². The number of carbonyl (C=O) groups excluding carboxylic acids is 1. The second-order valence-electron chi connectivity index (χ2n) is 6.32. The number of nitrogens with zero attached hydrogens (tertiary/aromatic N) is 1. The quantitative estimate of drug-likeness (QED) is 0.537. The molecule has 1 heterocycles. The Balaban J connectivity index is 2.07. The molecule has 0 saturated heterocycles. The third-order valence-electron chi connectivity index (χ3n) is 4.41. The van der Waals surface area contributed by atoms with Crippen LogP contribution in [0.2, 0.25) is 0 Å². The zero-order valence-corrected chi connectivity index (χ0v) is 17.1. The number of fused-ring (bicyclic) bond motifs is 1. The first-order valence-electron chi connectivity index (χ1n) is 8.55. The lowest BCUT2D eigenvalue weighted by atomic mass is 10.1. The van der Waals surface area contributed by atoms with Crippen molar-refractivity contribution in [3.63, 3.8) is 0 Å². The minimum atomic E-state index is -3.98. The van der Waals surface area contributed by atoms with Gasteiger partial charge in [0.1, 0.15) is 11.7 Å². The molecular formula is C20H20FNO4S2. The molecule has 0 N–H and O–H groups in total. The fourth-order valence-corrected chi connectivity index (χ4v) is 5.76. The van der Waals surface area contributed by atoms with E-state index in [0.717, 1.165) is 22.8 Å². The van der Waals surface area contributed by atoms with Gasteiger partial charge in [-0.2, -0.15) is 0 Å². The smallest absolute Gasteiger partial charge is 0.322 e. The Morgan fingerprint density at radius 2 is 1.75 bits per heavy atom. The normalized spacial score (nSPS) is 11.5. The van der Waals surface area contributed by atoms with Gasteiger partial charge >= 0.3 is 5.97 Å². The summed E-state index contributed by atoms with van der Waals surface area (Å²) in [5, 5.41) is 1.52. The highest BCUT2D eigenvalue weighted by atomic mass is 32.2. The molecule has 0 bridgehead atoms. The fraction of sp³-hybridized carbons (Fsp3) is 0.250. The van der Waals surface area contributed by atoms with E-state index in [1.54, 1.807) is 24.3 Å². The predicted molar refractivity (Wildman–Crippen MR) is 110 cm³/mol. The molecule has 0 aliphatic heterocycles. The summed E-state index contributed by atoms with van der Waals surface area (Å²) in [6.45, 7) is 1.32. The summed E-state index contributed by atoms with van der Waals surface area (Å²) in [5.74, 6) is -1.57. The maximum atomic E-state index is 13.0. The number of anilines is 1. The number of carbonyl (C=O) groups is 1. The summed E-state index contributed by atoms with van der Waals surface area (Å²) in [5.41, 5.74) is 2.04. The Morgan fingerprint density at radius 3 is 2.36 bits per heavy atom. The Hall–Kier alpha value is -2.45. The van der Waals surface area contributed by atoms with Crippen LogP contribution in [0.25, 0.3) is 10.1 Å². The topological polar surface area (TPSA) is 63.7 Å². The Kier molecular flexibility index (Phi) is 6.00. The maximum absolute atomic E-state index is 13.0. The number of methoxy groups -OCH3 is 1. The number of halogens is 1. The second-order valence-corrected chi connectivity index (χ2v) is 9.24. The molecule has 28 heavy (non-hydrogen) atoms. The largest absolute Gasteiger partial charge is 0.468 e. The van der Waals surface area contributed by atoms with E-state index in [1.165, 1.54) is 15.6 Å². The summed E-state index contributed by atoms with van der Waals surface area (Å²) in [4.78, 5) is 11.7. The van der Waals surface area contributed by atoms with Gasteiger partial charge < -0.3 is 4.74 Å². The molecule has 0 aliphatic carbocycles. The first kappa shape index (κ1) is 20.3. The average Bonchev–Trinajstić information content (AvgIpc) is 3.02. The van der Waals surface area contributed by atoms with Gasteiger partial charge in [0.25, 0.3) is 0 Å². The van der Waals surface area contributed by atoms with Gasteiger partial charge in [-0.25, -0.2) is 12.8 Å². The van der Waals surface area contributed by atoms with Crippen LogP contribution in [0.1, 0.15) is 16.7 Å².